The highest BCUT2D eigenvalue weighted by Gasteiger charge is 2.05. The Balaban J connectivity index is 2.12. The summed E-state index contributed by atoms with van der Waals surface area (Å²) in [5, 5.41) is 13.9. The number of hydrogen-bond acceptors (Lipinski definition) is 3. The lowest BCUT2D eigenvalue weighted by atomic mass is 10.1. The molecule has 4 nitrogen and oxygen atoms in total. The number of nitro groups is 1. The van der Waals surface area contributed by atoms with Crippen LogP contribution in [0.1, 0.15) is 11.1 Å². The maximum Gasteiger partial charge on any atom is 0.271 e. The number of anilines is 1. The van der Waals surface area contributed by atoms with Crippen LogP contribution < -0.4 is 5.32 Å². The Hall–Kier alpha value is -2.62. The van der Waals surface area contributed by atoms with Crippen molar-refractivity contribution in [3.05, 3.63) is 76.4 Å². The third-order valence-electron chi connectivity index (χ3n) is 2.81. The molecule has 0 saturated heterocycles. The molecular weight excluding hydrogens is 240 g/mol. The molecule has 2 aromatic rings. The Kier molecular flexibility index (Phi) is 3.93. The van der Waals surface area contributed by atoms with E-state index in [0.29, 0.717) is 6.54 Å². The molecule has 0 aliphatic rings. The van der Waals surface area contributed by atoms with E-state index in [1.807, 2.05) is 30.3 Å². The van der Waals surface area contributed by atoms with Crippen molar-refractivity contribution in [2.24, 2.45) is 0 Å². The van der Waals surface area contributed by atoms with Gasteiger partial charge in [-0.25, -0.2) is 0 Å². The monoisotopic (exact) mass is 254 g/mol. The van der Waals surface area contributed by atoms with Gasteiger partial charge in [-0.1, -0.05) is 43.0 Å². The number of non-ortho nitro benzene ring substituents is 1. The Morgan fingerprint density at radius 1 is 1.21 bits per heavy atom. The van der Waals surface area contributed by atoms with Crippen molar-refractivity contribution in [1.29, 1.82) is 0 Å². The molecule has 0 aromatic heterocycles. The lowest BCUT2D eigenvalue weighted by molar-refractivity contribution is -0.384. The predicted octanol–water partition coefficient (Wildman–Crippen LogP) is 3.85. The Morgan fingerprint density at radius 2 is 2.00 bits per heavy atom. The molecule has 0 heterocycles. The molecule has 0 saturated carbocycles. The predicted molar refractivity (Wildman–Crippen MR) is 77.0 cm³/mol. The number of nitro benzene ring substituents is 1. The third-order valence-corrected chi connectivity index (χ3v) is 2.81. The average molecular weight is 254 g/mol. The zero-order valence-electron chi connectivity index (χ0n) is 10.4. The minimum absolute atomic E-state index is 0.0852. The van der Waals surface area contributed by atoms with E-state index in [-0.39, 0.29) is 5.69 Å². The van der Waals surface area contributed by atoms with Crippen molar-refractivity contribution < 1.29 is 4.92 Å². The maximum absolute atomic E-state index is 10.7. The van der Waals surface area contributed by atoms with Crippen molar-refractivity contribution in [3.8, 4) is 0 Å². The second-order valence-electron chi connectivity index (χ2n) is 4.06. The summed E-state index contributed by atoms with van der Waals surface area (Å²) in [5.41, 5.74) is 2.97. The highest BCUT2D eigenvalue weighted by Crippen LogP contribution is 2.18. The Morgan fingerprint density at radius 3 is 2.74 bits per heavy atom. The summed E-state index contributed by atoms with van der Waals surface area (Å²) in [6, 6.07) is 14.4. The van der Waals surface area contributed by atoms with Crippen molar-refractivity contribution >= 4 is 17.5 Å². The minimum Gasteiger partial charge on any atom is -0.381 e. The number of nitrogens with zero attached hydrogens (tertiary/aromatic N) is 1. The van der Waals surface area contributed by atoms with Crippen LogP contribution in [0.5, 0.6) is 0 Å². The molecule has 0 aliphatic heterocycles. The van der Waals surface area contributed by atoms with Crippen LogP contribution in [0.15, 0.2) is 55.1 Å². The Labute approximate surface area is 111 Å². The quantitative estimate of drug-likeness (QED) is 0.651. The second kappa shape index (κ2) is 5.82. The van der Waals surface area contributed by atoms with E-state index in [0.717, 1.165) is 16.8 Å². The minimum atomic E-state index is -0.400. The van der Waals surface area contributed by atoms with Gasteiger partial charge < -0.3 is 5.32 Å². The van der Waals surface area contributed by atoms with Gasteiger partial charge in [0.15, 0.2) is 0 Å². The van der Waals surface area contributed by atoms with Gasteiger partial charge in [-0.3, -0.25) is 10.1 Å². The summed E-state index contributed by atoms with van der Waals surface area (Å²) < 4.78 is 0. The lowest BCUT2D eigenvalue weighted by Gasteiger charge is -2.09. The summed E-state index contributed by atoms with van der Waals surface area (Å²) in [6.07, 6.45) is 1.80. The lowest BCUT2D eigenvalue weighted by Crippen LogP contribution is -2.01. The fourth-order valence-corrected chi connectivity index (χ4v) is 1.82. The van der Waals surface area contributed by atoms with E-state index >= 15 is 0 Å². The molecule has 1 N–H and O–H groups in total. The number of hydrogen-bond donors (Lipinski definition) is 1. The van der Waals surface area contributed by atoms with Crippen LogP contribution in [0.3, 0.4) is 0 Å². The van der Waals surface area contributed by atoms with E-state index in [1.54, 1.807) is 12.1 Å². The first-order valence-corrected chi connectivity index (χ1v) is 5.89. The van der Waals surface area contributed by atoms with Crippen LogP contribution in [0, 0.1) is 10.1 Å². The molecule has 0 bridgehead atoms. The van der Waals surface area contributed by atoms with Gasteiger partial charge in [0.05, 0.1) is 4.92 Å². The standard InChI is InChI=1S/C15H14N2O2/c1-2-12-6-3-4-7-13(12)11-16-14-8-5-9-15(10-14)17(18)19/h2-10,16H,1,11H2. The molecule has 0 amide bonds. The first-order valence-electron chi connectivity index (χ1n) is 5.89. The second-order valence-corrected chi connectivity index (χ2v) is 4.06. The van der Waals surface area contributed by atoms with Gasteiger partial charge in [0.1, 0.15) is 0 Å². The van der Waals surface area contributed by atoms with Crippen molar-refractivity contribution in [2.75, 3.05) is 5.32 Å². The highest BCUT2D eigenvalue weighted by atomic mass is 16.6. The average Bonchev–Trinajstić information content (AvgIpc) is 2.45. The highest BCUT2D eigenvalue weighted by molar-refractivity contribution is 5.55. The molecule has 4 heteroatoms. The van der Waals surface area contributed by atoms with Crippen molar-refractivity contribution in [2.45, 2.75) is 6.54 Å². The maximum atomic E-state index is 10.7. The van der Waals surface area contributed by atoms with Crippen LogP contribution in [-0.2, 0) is 6.54 Å². The summed E-state index contributed by atoms with van der Waals surface area (Å²) in [4.78, 5) is 10.3. The summed E-state index contributed by atoms with van der Waals surface area (Å²) in [6.45, 7) is 4.37. The first kappa shape index (κ1) is 12.8. The fraction of sp³-hybridized carbons (Fsp3) is 0.0667. The first-order chi connectivity index (χ1) is 9.20. The van der Waals surface area contributed by atoms with Crippen LogP contribution in [0.2, 0.25) is 0 Å². The topological polar surface area (TPSA) is 55.2 Å². The molecule has 19 heavy (non-hydrogen) atoms. The van der Waals surface area contributed by atoms with Gasteiger partial charge in [0, 0.05) is 24.4 Å². The van der Waals surface area contributed by atoms with Gasteiger partial charge in [0.25, 0.3) is 5.69 Å². The van der Waals surface area contributed by atoms with E-state index < -0.39 is 4.92 Å². The molecule has 2 aromatic carbocycles. The normalized spacial score (nSPS) is 9.89. The van der Waals surface area contributed by atoms with Crippen LogP contribution in [0.25, 0.3) is 6.08 Å². The summed E-state index contributed by atoms with van der Waals surface area (Å²) in [5.74, 6) is 0. The van der Waals surface area contributed by atoms with Gasteiger partial charge in [-0.05, 0) is 17.2 Å². The van der Waals surface area contributed by atoms with E-state index in [4.69, 9.17) is 0 Å². The van der Waals surface area contributed by atoms with Crippen molar-refractivity contribution in [3.63, 3.8) is 0 Å². The summed E-state index contributed by atoms with van der Waals surface area (Å²) >= 11 is 0. The molecule has 96 valence electrons. The molecule has 0 fully saturated rings. The molecular formula is C15H14N2O2. The van der Waals surface area contributed by atoms with Crippen LogP contribution in [-0.4, -0.2) is 4.92 Å². The summed E-state index contributed by atoms with van der Waals surface area (Å²) in [7, 11) is 0. The SMILES string of the molecule is C=Cc1ccccc1CNc1cccc([N+](=O)[O-])c1. The van der Waals surface area contributed by atoms with Gasteiger partial charge >= 0.3 is 0 Å². The number of benzene rings is 2. The Bertz CT molecular complexity index is 609. The number of nitrogens with one attached hydrogen (secondary N) is 1. The van der Waals surface area contributed by atoms with E-state index in [1.165, 1.54) is 12.1 Å². The van der Waals surface area contributed by atoms with Crippen molar-refractivity contribution in [1.82, 2.24) is 0 Å². The smallest absolute Gasteiger partial charge is 0.271 e. The van der Waals surface area contributed by atoms with E-state index in [2.05, 4.69) is 11.9 Å². The van der Waals surface area contributed by atoms with Gasteiger partial charge in [-0.2, -0.15) is 0 Å². The van der Waals surface area contributed by atoms with E-state index in [9.17, 15) is 10.1 Å². The fourth-order valence-electron chi connectivity index (χ4n) is 1.82. The van der Waals surface area contributed by atoms with Crippen LogP contribution >= 0.6 is 0 Å². The molecule has 0 aliphatic carbocycles. The molecule has 2 rings (SSSR count). The zero-order valence-corrected chi connectivity index (χ0v) is 10.4. The number of rotatable bonds is 5. The van der Waals surface area contributed by atoms with Gasteiger partial charge in [0.2, 0.25) is 0 Å². The molecule has 0 atom stereocenters. The van der Waals surface area contributed by atoms with Crippen LogP contribution in [0.4, 0.5) is 11.4 Å². The van der Waals surface area contributed by atoms with Gasteiger partial charge in [-0.15, -0.1) is 0 Å². The zero-order chi connectivity index (χ0) is 13.7. The molecule has 0 spiro atoms. The largest absolute Gasteiger partial charge is 0.381 e. The molecule has 0 radical (unpaired) electrons. The third kappa shape index (κ3) is 3.19. The molecule has 0 unspecified atom stereocenters.